The molecule has 6 nitrogen and oxygen atoms in total. The number of benzene rings is 1. The number of aryl methyl sites for hydroxylation is 1. The van der Waals surface area contributed by atoms with E-state index in [-0.39, 0.29) is 0 Å². The van der Waals surface area contributed by atoms with Crippen LogP contribution in [0.15, 0.2) is 53.4 Å². The van der Waals surface area contributed by atoms with Crippen molar-refractivity contribution in [1.82, 2.24) is 9.97 Å². The molecule has 0 radical (unpaired) electrons. The van der Waals surface area contributed by atoms with E-state index in [9.17, 15) is 0 Å². The van der Waals surface area contributed by atoms with Crippen molar-refractivity contribution in [3.8, 4) is 0 Å². The minimum absolute atomic E-state index is 0.518. The number of rotatable bonds is 6. The maximum atomic E-state index is 6.31. The van der Waals surface area contributed by atoms with Crippen molar-refractivity contribution in [2.45, 2.75) is 20.4 Å². The van der Waals surface area contributed by atoms with Crippen molar-refractivity contribution in [2.24, 2.45) is 0 Å². The highest BCUT2D eigenvalue weighted by molar-refractivity contribution is 5.79. The zero-order chi connectivity index (χ0) is 16.9. The van der Waals surface area contributed by atoms with Gasteiger partial charge in [0.25, 0.3) is 0 Å². The average molecular weight is 323 g/mol. The number of nitrogens with two attached hydrogens (primary N) is 1. The number of hydrogen-bond acceptors (Lipinski definition) is 6. The van der Waals surface area contributed by atoms with Crippen molar-refractivity contribution in [3.63, 3.8) is 0 Å². The Labute approximate surface area is 141 Å². The minimum atomic E-state index is 0.518. The Balaban J connectivity index is 1.88. The molecule has 3 rings (SSSR count). The van der Waals surface area contributed by atoms with Gasteiger partial charge in [0.1, 0.15) is 17.8 Å². The van der Waals surface area contributed by atoms with E-state index in [2.05, 4.69) is 46.2 Å². The molecule has 0 aliphatic heterocycles. The number of nitrogens with one attached hydrogen (secondary N) is 1. The number of furan rings is 1. The fourth-order valence-electron chi connectivity index (χ4n) is 2.58. The Morgan fingerprint density at radius 1 is 1.21 bits per heavy atom. The molecule has 0 aliphatic rings. The van der Waals surface area contributed by atoms with Crippen molar-refractivity contribution < 1.29 is 4.42 Å². The highest BCUT2D eigenvalue weighted by atomic mass is 16.3. The second-order valence-electron chi connectivity index (χ2n) is 5.48. The zero-order valence-corrected chi connectivity index (χ0v) is 13.9. The van der Waals surface area contributed by atoms with Crippen LogP contribution in [-0.2, 0) is 6.54 Å². The van der Waals surface area contributed by atoms with Crippen LogP contribution < -0.4 is 16.0 Å². The van der Waals surface area contributed by atoms with E-state index in [0.29, 0.717) is 23.9 Å². The molecule has 0 aliphatic carbocycles. The van der Waals surface area contributed by atoms with Gasteiger partial charge >= 0.3 is 0 Å². The summed E-state index contributed by atoms with van der Waals surface area (Å²) in [6, 6.07) is 12.0. The molecule has 0 saturated heterocycles. The molecule has 0 amide bonds. The van der Waals surface area contributed by atoms with E-state index >= 15 is 0 Å². The third-order valence-corrected chi connectivity index (χ3v) is 3.76. The monoisotopic (exact) mass is 323 g/mol. The van der Waals surface area contributed by atoms with Gasteiger partial charge in [-0.2, -0.15) is 0 Å². The Morgan fingerprint density at radius 2 is 2.08 bits per heavy atom. The lowest BCUT2D eigenvalue weighted by Crippen LogP contribution is -2.20. The molecule has 0 spiro atoms. The third-order valence-electron chi connectivity index (χ3n) is 3.76. The topological polar surface area (TPSA) is 80.2 Å². The first kappa shape index (κ1) is 15.9. The van der Waals surface area contributed by atoms with Crippen molar-refractivity contribution in [1.29, 1.82) is 0 Å². The first-order chi connectivity index (χ1) is 11.7. The number of hydrogen-bond donors (Lipinski definition) is 2. The second kappa shape index (κ2) is 7.04. The summed E-state index contributed by atoms with van der Waals surface area (Å²) >= 11 is 0. The molecule has 2 aromatic heterocycles. The highest BCUT2D eigenvalue weighted by Gasteiger charge is 2.16. The van der Waals surface area contributed by atoms with Crippen LogP contribution in [0.2, 0.25) is 0 Å². The van der Waals surface area contributed by atoms with Crippen LogP contribution in [0, 0.1) is 6.92 Å². The van der Waals surface area contributed by atoms with Crippen LogP contribution in [0.5, 0.6) is 0 Å². The standard InChI is InChI=1S/C18H21N5O/c1-3-23(14-7-4-6-13(2)10-14)18-16(19)17(21-12-22-18)20-11-15-8-5-9-24-15/h4-10,12H,3,11,19H2,1-2H3,(H,20,21,22). The molecule has 0 atom stereocenters. The van der Waals surface area contributed by atoms with Gasteiger partial charge in [0.15, 0.2) is 11.6 Å². The highest BCUT2D eigenvalue weighted by Crippen LogP contribution is 2.32. The van der Waals surface area contributed by atoms with Crippen molar-refractivity contribution >= 4 is 23.0 Å². The molecule has 6 heteroatoms. The first-order valence-electron chi connectivity index (χ1n) is 7.90. The van der Waals surface area contributed by atoms with Crippen LogP contribution in [0.3, 0.4) is 0 Å². The van der Waals surface area contributed by atoms with Crippen LogP contribution in [-0.4, -0.2) is 16.5 Å². The lowest BCUT2D eigenvalue weighted by atomic mass is 10.2. The smallest absolute Gasteiger partial charge is 0.161 e. The van der Waals surface area contributed by atoms with Gasteiger partial charge in [0, 0.05) is 12.2 Å². The van der Waals surface area contributed by atoms with Crippen LogP contribution in [0.1, 0.15) is 18.2 Å². The van der Waals surface area contributed by atoms with Gasteiger partial charge in [0.2, 0.25) is 0 Å². The quantitative estimate of drug-likeness (QED) is 0.719. The lowest BCUT2D eigenvalue weighted by molar-refractivity contribution is 0.518. The van der Waals surface area contributed by atoms with Crippen LogP contribution >= 0.6 is 0 Å². The Bertz CT molecular complexity index is 801. The molecule has 0 fully saturated rings. The van der Waals surface area contributed by atoms with Gasteiger partial charge in [-0.05, 0) is 43.7 Å². The van der Waals surface area contributed by atoms with Crippen molar-refractivity contribution in [3.05, 3.63) is 60.3 Å². The van der Waals surface area contributed by atoms with Gasteiger partial charge in [-0.15, -0.1) is 0 Å². The summed E-state index contributed by atoms with van der Waals surface area (Å²) < 4.78 is 5.32. The molecule has 124 valence electrons. The Kier molecular flexibility index (Phi) is 4.65. The van der Waals surface area contributed by atoms with Crippen molar-refractivity contribution in [2.75, 3.05) is 22.5 Å². The van der Waals surface area contributed by atoms with Gasteiger partial charge in [-0.1, -0.05) is 12.1 Å². The summed E-state index contributed by atoms with van der Waals surface area (Å²) in [6.45, 7) is 5.41. The minimum Gasteiger partial charge on any atom is -0.467 e. The number of anilines is 4. The van der Waals surface area contributed by atoms with Gasteiger partial charge in [0.05, 0.1) is 12.8 Å². The predicted octanol–water partition coefficient (Wildman–Crippen LogP) is 3.73. The molecule has 1 aromatic carbocycles. The molecule has 3 N–H and O–H groups in total. The summed E-state index contributed by atoms with van der Waals surface area (Å²) in [6.07, 6.45) is 3.16. The zero-order valence-electron chi connectivity index (χ0n) is 13.9. The Hall–Kier alpha value is -3.02. The number of nitrogens with zero attached hydrogens (tertiary/aromatic N) is 3. The van der Waals surface area contributed by atoms with E-state index in [4.69, 9.17) is 10.2 Å². The molecule has 3 aromatic rings. The van der Waals surface area contributed by atoms with E-state index in [1.165, 1.54) is 11.9 Å². The molecule has 0 bridgehead atoms. The molecule has 0 saturated carbocycles. The second-order valence-corrected chi connectivity index (χ2v) is 5.48. The SMILES string of the molecule is CCN(c1cccc(C)c1)c1ncnc(NCc2ccco2)c1N. The fraction of sp³-hybridized carbons (Fsp3) is 0.222. The van der Waals surface area contributed by atoms with Gasteiger partial charge in [-0.3, -0.25) is 0 Å². The summed E-state index contributed by atoms with van der Waals surface area (Å²) in [5, 5.41) is 3.20. The van der Waals surface area contributed by atoms with E-state index in [0.717, 1.165) is 18.0 Å². The summed E-state index contributed by atoms with van der Waals surface area (Å²) in [5.41, 5.74) is 9.08. The maximum Gasteiger partial charge on any atom is 0.161 e. The Morgan fingerprint density at radius 3 is 2.79 bits per heavy atom. The molecule has 24 heavy (non-hydrogen) atoms. The number of aromatic nitrogens is 2. The fourth-order valence-corrected chi connectivity index (χ4v) is 2.58. The maximum absolute atomic E-state index is 6.31. The predicted molar refractivity (Wildman–Crippen MR) is 96.3 cm³/mol. The normalized spacial score (nSPS) is 10.6. The van der Waals surface area contributed by atoms with Gasteiger partial charge < -0.3 is 20.4 Å². The summed E-state index contributed by atoms with van der Waals surface area (Å²) in [5.74, 6) is 2.11. The molecule has 0 unspecified atom stereocenters. The average Bonchev–Trinajstić information content (AvgIpc) is 3.09. The first-order valence-corrected chi connectivity index (χ1v) is 7.90. The van der Waals surface area contributed by atoms with E-state index < -0.39 is 0 Å². The summed E-state index contributed by atoms with van der Waals surface area (Å²) in [4.78, 5) is 10.7. The largest absolute Gasteiger partial charge is 0.467 e. The third kappa shape index (κ3) is 3.32. The van der Waals surface area contributed by atoms with E-state index in [1.54, 1.807) is 6.26 Å². The van der Waals surface area contributed by atoms with Crippen LogP contribution in [0.4, 0.5) is 23.0 Å². The van der Waals surface area contributed by atoms with Crippen LogP contribution in [0.25, 0.3) is 0 Å². The number of nitrogen functional groups attached to an aromatic ring is 1. The summed E-state index contributed by atoms with van der Waals surface area (Å²) in [7, 11) is 0. The molecular formula is C18H21N5O. The van der Waals surface area contributed by atoms with E-state index in [1.807, 2.05) is 24.3 Å². The lowest BCUT2D eigenvalue weighted by Gasteiger charge is -2.24. The molecule has 2 heterocycles. The van der Waals surface area contributed by atoms with Gasteiger partial charge in [-0.25, -0.2) is 9.97 Å². The molecular weight excluding hydrogens is 302 g/mol.